The molecule has 0 saturated heterocycles. The molecule has 2 amide bonds. The standard InChI is InChI=1S/C23H36N4O5S/c1-14(2)20(25-11-17(24)13-33)22(29)27-12-16-7-5-4-6-15(16)10-19(27)21(28)26-18(23(30)31)8-9-32-3/h4-7,14,17-20,25,33H,8-13,24H2,1-3H3,(H,26,28)(H,30,31)/t17-,18+,19+,20+/m1/s1. The predicted molar refractivity (Wildman–Crippen MR) is 129 cm³/mol. The van der Waals surface area contributed by atoms with E-state index in [9.17, 15) is 19.5 Å². The zero-order valence-corrected chi connectivity index (χ0v) is 20.4. The van der Waals surface area contributed by atoms with Gasteiger partial charge in [-0.05, 0) is 17.0 Å². The molecule has 0 unspecified atom stereocenters. The van der Waals surface area contributed by atoms with Gasteiger partial charge in [0.2, 0.25) is 11.8 Å². The number of carbonyl (C=O) groups is 3. The number of thiol groups is 1. The molecule has 1 heterocycles. The fraction of sp³-hybridized carbons (Fsp3) is 0.609. The zero-order valence-electron chi connectivity index (χ0n) is 19.5. The summed E-state index contributed by atoms with van der Waals surface area (Å²) in [6, 6.07) is 4.99. The Morgan fingerprint density at radius 3 is 2.52 bits per heavy atom. The number of hydrogen-bond donors (Lipinski definition) is 5. The second-order valence-electron chi connectivity index (χ2n) is 8.71. The lowest BCUT2D eigenvalue weighted by atomic mass is 9.91. The summed E-state index contributed by atoms with van der Waals surface area (Å²) in [7, 11) is 1.47. The van der Waals surface area contributed by atoms with E-state index in [2.05, 4.69) is 23.3 Å². The van der Waals surface area contributed by atoms with Crippen LogP contribution in [0.25, 0.3) is 0 Å². The van der Waals surface area contributed by atoms with Crippen molar-refractivity contribution in [3.63, 3.8) is 0 Å². The highest BCUT2D eigenvalue weighted by Crippen LogP contribution is 2.25. The van der Waals surface area contributed by atoms with Gasteiger partial charge >= 0.3 is 5.97 Å². The number of nitrogens with zero attached hydrogens (tertiary/aromatic N) is 1. The largest absolute Gasteiger partial charge is 0.480 e. The van der Waals surface area contributed by atoms with Crippen LogP contribution >= 0.6 is 12.6 Å². The first-order valence-electron chi connectivity index (χ1n) is 11.2. The van der Waals surface area contributed by atoms with Crippen LogP contribution in [0.2, 0.25) is 0 Å². The molecule has 2 rings (SSSR count). The van der Waals surface area contributed by atoms with E-state index in [0.717, 1.165) is 11.1 Å². The topological polar surface area (TPSA) is 134 Å². The molecule has 33 heavy (non-hydrogen) atoms. The maximum absolute atomic E-state index is 13.6. The minimum absolute atomic E-state index is 0.0426. The molecule has 0 aliphatic carbocycles. The van der Waals surface area contributed by atoms with Crippen molar-refractivity contribution in [2.45, 2.75) is 57.4 Å². The molecule has 0 radical (unpaired) electrons. The molecule has 1 aromatic carbocycles. The molecule has 184 valence electrons. The van der Waals surface area contributed by atoms with Crippen LogP contribution < -0.4 is 16.4 Å². The first-order valence-corrected chi connectivity index (χ1v) is 11.8. The molecule has 4 atom stereocenters. The van der Waals surface area contributed by atoms with E-state index in [0.29, 0.717) is 18.7 Å². The van der Waals surface area contributed by atoms with Crippen molar-refractivity contribution < 1.29 is 24.2 Å². The number of amides is 2. The Kier molecular flexibility index (Phi) is 10.6. The van der Waals surface area contributed by atoms with E-state index in [-0.39, 0.29) is 37.4 Å². The van der Waals surface area contributed by atoms with Crippen molar-refractivity contribution in [2.24, 2.45) is 11.7 Å². The number of carbonyl (C=O) groups excluding carboxylic acids is 2. The van der Waals surface area contributed by atoms with E-state index >= 15 is 0 Å². The minimum atomic E-state index is -1.14. The maximum atomic E-state index is 13.6. The highest BCUT2D eigenvalue weighted by Gasteiger charge is 2.39. The number of benzene rings is 1. The smallest absolute Gasteiger partial charge is 0.326 e. The molecule has 0 bridgehead atoms. The van der Waals surface area contributed by atoms with Crippen molar-refractivity contribution >= 4 is 30.4 Å². The highest BCUT2D eigenvalue weighted by atomic mass is 32.1. The molecule has 1 aliphatic heterocycles. The molecule has 0 spiro atoms. The van der Waals surface area contributed by atoms with Gasteiger partial charge in [-0.15, -0.1) is 0 Å². The number of methoxy groups -OCH3 is 1. The zero-order chi connectivity index (χ0) is 24.5. The summed E-state index contributed by atoms with van der Waals surface area (Å²) in [5.74, 6) is -1.41. The lowest BCUT2D eigenvalue weighted by Crippen LogP contribution is -2.60. The Hall–Kier alpha value is -2.14. The predicted octanol–water partition coefficient (Wildman–Crippen LogP) is 0.417. The number of nitrogens with one attached hydrogen (secondary N) is 2. The van der Waals surface area contributed by atoms with Crippen molar-refractivity contribution in [1.82, 2.24) is 15.5 Å². The van der Waals surface area contributed by atoms with Crippen LogP contribution in [0.1, 0.15) is 31.4 Å². The van der Waals surface area contributed by atoms with E-state index in [1.807, 2.05) is 38.1 Å². The van der Waals surface area contributed by atoms with Crippen LogP contribution in [0.4, 0.5) is 0 Å². The molecule has 9 nitrogen and oxygen atoms in total. The van der Waals surface area contributed by atoms with Crippen LogP contribution in [0.3, 0.4) is 0 Å². The average molecular weight is 481 g/mol. The van der Waals surface area contributed by atoms with Crippen molar-refractivity contribution in [3.8, 4) is 0 Å². The summed E-state index contributed by atoms with van der Waals surface area (Å²) in [6.07, 6.45) is 0.442. The highest BCUT2D eigenvalue weighted by molar-refractivity contribution is 7.80. The molecule has 0 fully saturated rings. The summed E-state index contributed by atoms with van der Waals surface area (Å²) in [5, 5.41) is 15.3. The summed E-state index contributed by atoms with van der Waals surface area (Å²) in [5.41, 5.74) is 7.91. The Morgan fingerprint density at radius 2 is 1.94 bits per heavy atom. The first kappa shape index (κ1) is 27.1. The van der Waals surface area contributed by atoms with Crippen LogP contribution in [-0.4, -0.2) is 78.0 Å². The van der Waals surface area contributed by atoms with Gasteiger partial charge < -0.3 is 31.1 Å². The molecule has 1 aromatic rings. The lowest BCUT2D eigenvalue weighted by Gasteiger charge is -2.39. The van der Waals surface area contributed by atoms with Gasteiger partial charge in [0.1, 0.15) is 12.1 Å². The van der Waals surface area contributed by atoms with Gasteiger partial charge in [0.05, 0.1) is 6.04 Å². The molecule has 10 heteroatoms. The quantitative estimate of drug-likeness (QED) is 0.274. The van der Waals surface area contributed by atoms with Crippen LogP contribution in [-0.2, 0) is 32.1 Å². The normalized spacial score (nSPS) is 18.4. The average Bonchev–Trinajstić information content (AvgIpc) is 2.79. The monoisotopic (exact) mass is 480 g/mol. The Balaban J connectivity index is 2.30. The number of ether oxygens (including phenoxy) is 1. The summed E-state index contributed by atoms with van der Waals surface area (Å²) in [6.45, 7) is 4.74. The van der Waals surface area contributed by atoms with E-state index in [4.69, 9.17) is 10.5 Å². The number of carboxylic acid groups (broad SMARTS) is 1. The Labute approximate surface area is 200 Å². The first-order chi connectivity index (χ1) is 15.7. The van der Waals surface area contributed by atoms with Crippen molar-refractivity contribution in [2.75, 3.05) is 26.0 Å². The van der Waals surface area contributed by atoms with Crippen LogP contribution in [0.15, 0.2) is 24.3 Å². The second kappa shape index (κ2) is 12.9. The van der Waals surface area contributed by atoms with E-state index in [1.54, 1.807) is 4.90 Å². The third kappa shape index (κ3) is 7.43. The van der Waals surface area contributed by atoms with Gasteiger partial charge in [0.25, 0.3) is 0 Å². The summed E-state index contributed by atoms with van der Waals surface area (Å²) < 4.78 is 4.97. The number of carboxylic acids is 1. The number of hydrogen-bond acceptors (Lipinski definition) is 7. The Morgan fingerprint density at radius 1 is 1.27 bits per heavy atom. The number of rotatable bonds is 12. The second-order valence-corrected chi connectivity index (χ2v) is 9.07. The van der Waals surface area contributed by atoms with Gasteiger partial charge in [0.15, 0.2) is 0 Å². The van der Waals surface area contributed by atoms with Crippen molar-refractivity contribution in [3.05, 3.63) is 35.4 Å². The number of nitrogens with two attached hydrogens (primary N) is 1. The van der Waals surface area contributed by atoms with Crippen LogP contribution in [0.5, 0.6) is 0 Å². The third-order valence-electron chi connectivity index (χ3n) is 5.83. The van der Waals surface area contributed by atoms with Gasteiger partial charge in [-0.3, -0.25) is 9.59 Å². The summed E-state index contributed by atoms with van der Waals surface area (Å²) >= 11 is 4.20. The van der Waals surface area contributed by atoms with Crippen LogP contribution in [0, 0.1) is 5.92 Å². The van der Waals surface area contributed by atoms with Crippen molar-refractivity contribution in [1.29, 1.82) is 0 Å². The van der Waals surface area contributed by atoms with Gasteiger partial charge in [-0.25, -0.2) is 4.79 Å². The van der Waals surface area contributed by atoms with Gasteiger partial charge in [-0.2, -0.15) is 12.6 Å². The van der Waals surface area contributed by atoms with Gasteiger partial charge in [0, 0.05) is 51.4 Å². The minimum Gasteiger partial charge on any atom is -0.480 e. The Bertz CT molecular complexity index is 822. The molecule has 0 aromatic heterocycles. The number of aliphatic carboxylic acids is 1. The molecule has 5 N–H and O–H groups in total. The molecule has 0 saturated carbocycles. The van der Waals surface area contributed by atoms with E-state index < -0.39 is 30.0 Å². The SMILES string of the molecule is COCC[C@H](NC(=O)[C@@H]1Cc2ccccc2CN1C(=O)[C@@H](NC[C@@H](N)CS)C(C)C)C(=O)O. The fourth-order valence-electron chi connectivity index (χ4n) is 3.88. The molecular formula is C23H36N4O5S. The van der Waals surface area contributed by atoms with E-state index in [1.165, 1.54) is 7.11 Å². The lowest BCUT2D eigenvalue weighted by molar-refractivity contribution is -0.147. The van der Waals surface area contributed by atoms with Gasteiger partial charge in [-0.1, -0.05) is 38.1 Å². The maximum Gasteiger partial charge on any atom is 0.326 e. The third-order valence-corrected chi connectivity index (χ3v) is 6.30. The molecule has 1 aliphatic rings. The fourth-order valence-corrected chi connectivity index (χ4v) is 4.01. The molecular weight excluding hydrogens is 444 g/mol. The number of fused-ring (bicyclic) bond motifs is 1. The summed E-state index contributed by atoms with van der Waals surface area (Å²) in [4.78, 5) is 40.1.